The van der Waals surface area contributed by atoms with E-state index in [1.807, 2.05) is 12.1 Å². The van der Waals surface area contributed by atoms with Crippen molar-refractivity contribution in [3.63, 3.8) is 0 Å². The number of anilines is 1. The molecule has 0 aromatic carbocycles. The fraction of sp³-hybridized carbons (Fsp3) is 0.600. The van der Waals surface area contributed by atoms with Gasteiger partial charge in [-0.15, -0.1) is 0 Å². The van der Waals surface area contributed by atoms with Gasteiger partial charge in [0.1, 0.15) is 5.82 Å². The molecule has 1 saturated carbocycles. The first-order valence-electron chi connectivity index (χ1n) is 6.98. The molecule has 0 radical (unpaired) electrons. The molecule has 1 saturated heterocycles. The normalized spacial score (nSPS) is 22.3. The molecule has 2 heterocycles. The molecular formula is C15H20N2O. The number of carbonyl (C=O) groups excluding carboxylic acids is 1. The third kappa shape index (κ3) is 2.02. The van der Waals surface area contributed by atoms with Crippen LogP contribution in [0.5, 0.6) is 0 Å². The first-order chi connectivity index (χ1) is 8.83. The Morgan fingerprint density at radius 1 is 1.17 bits per heavy atom. The molecule has 18 heavy (non-hydrogen) atoms. The molecule has 2 aliphatic rings. The summed E-state index contributed by atoms with van der Waals surface area (Å²) in [6.07, 6.45) is 10.9. The molecular weight excluding hydrogens is 224 g/mol. The van der Waals surface area contributed by atoms with Crippen LogP contribution in [-0.2, 0) is 0 Å². The molecule has 0 N–H and O–H groups in total. The van der Waals surface area contributed by atoms with Gasteiger partial charge in [-0.05, 0) is 43.2 Å². The van der Waals surface area contributed by atoms with E-state index in [2.05, 4.69) is 9.88 Å². The number of aldehydes is 1. The highest BCUT2D eigenvalue weighted by atomic mass is 16.1. The molecule has 0 bridgehead atoms. The standard InChI is InChI=1S/C15H20N2O/c18-12-13-4-3-9-16-14(13)17-10-7-15(8-11-17)5-1-2-6-15/h3-4,9,12H,1-2,5-8,10-11H2. The van der Waals surface area contributed by atoms with Crippen molar-refractivity contribution < 1.29 is 4.79 Å². The van der Waals surface area contributed by atoms with Crippen LogP contribution in [0.25, 0.3) is 0 Å². The highest BCUT2D eigenvalue weighted by molar-refractivity contribution is 5.82. The Morgan fingerprint density at radius 3 is 2.56 bits per heavy atom. The molecule has 0 atom stereocenters. The SMILES string of the molecule is O=Cc1cccnc1N1CCC2(CCCC2)CC1. The van der Waals surface area contributed by atoms with Crippen molar-refractivity contribution in [1.29, 1.82) is 0 Å². The summed E-state index contributed by atoms with van der Waals surface area (Å²) in [6.45, 7) is 2.11. The van der Waals surface area contributed by atoms with E-state index >= 15 is 0 Å². The largest absolute Gasteiger partial charge is 0.356 e. The van der Waals surface area contributed by atoms with Crippen LogP contribution in [0.4, 0.5) is 5.82 Å². The minimum atomic E-state index is 0.618. The van der Waals surface area contributed by atoms with Crippen molar-refractivity contribution in [2.75, 3.05) is 18.0 Å². The Balaban J connectivity index is 1.74. The fourth-order valence-corrected chi connectivity index (χ4v) is 3.58. The summed E-state index contributed by atoms with van der Waals surface area (Å²) in [4.78, 5) is 17.7. The average Bonchev–Trinajstić information content (AvgIpc) is 2.88. The van der Waals surface area contributed by atoms with Crippen LogP contribution in [0.15, 0.2) is 18.3 Å². The Morgan fingerprint density at radius 2 is 1.89 bits per heavy atom. The predicted octanol–water partition coefficient (Wildman–Crippen LogP) is 3.05. The zero-order chi connectivity index (χ0) is 12.4. The maximum Gasteiger partial charge on any atom is 0.153 e. The molecule has 0 unspecified atom stereocenters. The molecule has 1 aromatic rings. The van der Waals surface area contributed by atoms with E-state index < -0.39 is 0 Å². The number of pyridine rings is 1. The van der Waals surface area contributed by atoms with Gasteiger partial charge in [0.15, 0.2) is 6.29 Å². The summed E-state index contributed by atoms with van der Waals surface area (Å²) in [7, 11) is 0. The topological polar surface area (TPSA) is 33.2 Å². The van der Waals surface area contributed by atoms with Crippen LogP contribution in [0.2, 0.25) is 0 Å². The van der Waals surface area contributed by atoms with Crippen LogP contribution < -0.4 is 4.90 Å². The van der Waals surface area contributed by atoms with Crippen molar-refractivity contribution in [3.05, 3.63) is 23.9 Å². The van der Waals surface area contributed by atoms with Gasteiger partial charge in [0.05, 0.1) is 5.56 Å². The molecule has 1 aliphatic carbocycles. The third-order valence-corrected chi connectivity index (χ3v) is 4.73. The minimum absolute atomic E-state index is 0.618. The van der Waals surface area contributed by atoms with E-state index in [1.54, 1.807) is 6.20 Å². The van der Waals surface area contributed by atoms with Gasteiger partial charge >= 0.3 is 0 Å². The van der Waals surface area contributed by atoms with Crippen molar-refractivity contribution >= 4 is 12.1 Å². The first-order valence-corrected chi connectivity index (χ1v) is 6.98. The zero-order valence-electron chi connectivity index (χ0n) is 10.8. The molecule has 0 amide bonds. The predicted molar refractivity (Wildman–Crippen MR) is 72.0 cm³/mol. The van der Waals surface area contributed by atoms with Crippen LogP contribution in [0.3, 0.4) is 0 Å². The molecule has 3 nitrogen and oxygen atoms in total. The molecule has 1 spiro atoms. The Labute approximate surface area is 108 Å². The van der Waals surface area contributed by atoms with Crippen molar-refractivity contribution in [1.82, 2.24) is 4.98 Å². The Hall–Kier alpha value is -1.38. The number of carbonyl (C=O) groups is 1. The molecule has 1 aromatic heterocycles. The Bertz CT molecular complexity index is 428. The van der Waals surface area contributed by atoms with Crippen molar-refractivity contribution in [3.8, 4) is 0 Å². The van der Waals surface area contributed by atoms with E-state index in [9.17, 15) is 4.79 Å². The lowest BCUT2D eigenvalue weighted by Gasteiger charge is -2.40. The lowest BCUT2D eigenvalue weighted by molar-refractivity contribution is 0.112. The van der Waals surface area contributed by atoms with Gasteiger partial charge < -0.3 is 4.90 Å². The van der Waals surface area contributed by atoms with E-state index in [1.165, 1.54) is 38.5 Å². The van der Waals surface area contributed by atoms with Gasteiger partial charge in [0.2, 0.25) is 0 Å². The second-order valence-electron chi connectivity index (χ2n) is 5.73. The third-order valence-electron chi connectivity index (χ3n) is 4.73. The quantitative estimate of drug-likeness (QED) is 0.750. The van der Waals surface area contributed by atoms with Gasteiger partial charge in [0.25, 0.3) is 0 Å². The van der Waals surface area contributed by atoms with Gasteiger partial charge in [-0.1, -0.05) is 12.8 Å². The maximum atomic E-state index is 11.1. The maximum absolute atomic E-state index is 11.1. The number of piperidine rings is 1. The summed E-state index contributed by atoms with van der Waals surface area (Å²) in [6, 6.07) is 3.69. The monoisotopic (exact) mass is 244 g/mol. The van der Waals surface area contributed by atoms with E-state index in [0.29, 0.717) is 5.41 Å². The number of nitrogens with zero attached hydrogens (tertiary/aromatic N) is 2. The lowest BCUT2D eigenvalue weighted by Crippen LogP contribution is -2.39. The van der Waals surface area contributed by atoms with Crippen LogP contribution in [-0.4, -0.2) is 24.4 Å². The fourth-order valence-electron chi connectivity index (χ4n) is 3.58. The van der Waals surface area contributed by atoms with Crippen LogP contribution in [0, 0.1) is 5.41 Å². The zero-order valence-corrected chi connectivity index (χ0v) is 10.8. The number of rotatable bonds is 2. The average molecular weight is 244 g/mol. The Kier molecular flexibility index (Phi) is 3.06. The van der Waals surface area contributed by atoms with Crippen LogP contribution in [0.1, 0.15) is 48.9 Å². The molecule has 1 aliphatic heterocycles. The number of hydrogen-bond acceptors (Lipinski definition) is 3. The van der Waals surface area contributed by atoms with Crippen molar-refractivity contribution in [2.24, 2.45) is 5.41 Å². The number of hydrogen-bond donors (Lipinski definition) is 0. The highest BCUT2D eigenvalue weighted by Gasteiger charge is 2.37. The summed E-state index contributed by atoms with van der Waals surface area (Å²) in [5, 5.41) is 0. The molecule has 3 heteroatoms. The molecule has 2 fully saturated rings. The number of aromatic nitrogens is 1. The van der Waals surface area contributed by atoms with Crippen molar-refractivity contribution in [2.45, 2.75) is 38.5 Å². The van der Waals surface area contributed by atoms with Gasteiger partial charge in [-0.25, -0.2) is 4.98 Å². The van der Waals surface area contributed by atoms with Gasteiger partial charge in [0, 0.05) is 19.3 Å². The molecule has 96 valence electrons. The lowest BCUT2D eigenvalue weighted by atomic mass is 9.77. The molecule has 3 rings (SSSR count). The van der Waals surface area contributed by atoms with Crippen LogP contribution >= 0.6 is 0 Å². The van der Waals surface area contributed by atoms with E-state index in [4.69, 9.17) is 0 Å². The second-order valence-corrected chi connectivity index (χ2v) is 5.73. The van der Waals surface area contributed by atoms with E-state index in [-0.39, 0.29) is 0 Å². The highest BCUT2D eigenvalue weighted by Crippen LogP contribution is 2.46. The second kappa shape index (κ2) is 4.71. The summed E-state index contributed by atoms with van der Waals surface area (Å²) in [5.41, 5.74) is 1.34. The first kappa shape index (κ1) is 11.7. The summed E-state index contributed by atoms with van der Waals surface area (Å²) in [5.74, 6) is 0.875. The van der Waals surface area contributed by atoms with Gasteiger partial charge in [-0.3, -0.25) is 4.79 Å². The summed E-state index contributed by atoms with van der Waals surface area (Å²) >= 11 is 0. The smallest absolute Gasteiger partial charge is 0.153 e. The minimum Gasteiger partial charge on any atom is -0.356 e. The van der Waals surface area contributed by atoms with Gasteiger partial charge in [-0.2, -0.15) is 0 Å². The van der Waals surface area contributed by atoms with E-state index in [0.717, 1.165) is 30.8 Å². The summed E-state index contributed by atoms with van der Waals surface area (Å²) < 4.78 is 0.